The molecule has 0 saturated heterocycles. The van der Waals surface area contributed by atoms with Gasteiger partial charge >= 0.3 is 0 Å². The maximum Gasteiger partial charge on any atom is 0.197 e. The second-order valence-electron chi connectivity index (χ2n) is 9.70. The molecule has 1 aliphatic heterocycles. The van der Waals surface area contributed by atoms with E-state index in [-0.39, 0.29) is 62.2 Å². The smallest absolute Gasteiger partial charge is 0.197 e. The summed E-state index contributed by atoms with van der Waals surface area (Å²) >= 11 is 0. The van der Waals surface area contributed by atoms with Gasteiger partial charge in [-0.15, -0.1) is 0 Å². The molecule has 0 aliphatic carbocycles. The zero-order chi connectivity index (χ0) is 29.9. The number of benzene rings is 4. The molecule has 4 aromatic carbocycles. The van der Waals surface area contributed by atoms with Crippen LogP contribution in [0.3, 0.4) is 0 Å². The molecule has 0 radical (unpaired) electrons. The Morgan fingerprint density at radius 3 is 2.17 bits per heavy atom. The van der Waals surface area contributed by atoms with Crippen molar-refractivity contribution in [2.24, 2.45) is 0 Å². The Kier molecular flexibility index (Phi) is 6.07. The van der Waals surface area contributed by atoms with E-state index < -0.39 is 40.5 Å². The molecule has 0 saturated carbocycles. The van der Waals surface area contributed by atoms with Crippen LogP contribution < -0.4 is 14.9 Å². The number of hydrogen-bond donors (Lipinski definition) is 6. The molecular weight excluding hydrogens is 548 g/mol. The minimum Gasteiger partial charge on any atom is -0.508 e. The molecular formula is C31H22O11. The molecule has 0 fully saturated rings. The molecule has 6 N–H and O–H groups in total. The monoisotopic (exact) mass is 570 g/mol. The summed E-state index contributed by atoms with van der Waals surface area (Å²) in [6.45, 7) is 0. The van der Waals surface area contributed by atoms with Crippen molar-refractivity contribution in [3.05, 3.63) is 93.6 Å². The highest BCUT2D eigenvalue weighted by Gasteiger charge is 2.44. The molecule has 11 heteroatoms. The van der Waals surface area contributed by atoms with Gasteiger partial charge in [-0.2, -0.15) is 0 Å². The predicted molar refractivity (Wildman–Crippen MR) is 148 cm³/mol. The number of phenols is 6. The van der Waals surface area contributed by atoms with Gasteiger partial charge in [0.25, 0.3) is 0 Å². The van der Waals surface area contributed by atoms with E-state index in [0.29, 0.717) is 5.56 Å². The maximum atomic E-state index is 14.1. The average molecular weight is 571 g/mol. The average Bonchev–Trinajstić information content (AvgIpc) is 2.93. The molecule has 0 amide bonds. The summed E-state index contributed by atoms with van der Waals surface area (Å²) in [5.41, 5.74) is -0.941. The summed E-state index contributed by atoms with van der Waals surface area (Å²) < 4.78 is 17.3. The Labute approximate surface area is 236 Å². The Morgan fingerprint density at radius 1 is 0.738 bits per heavy atom. The van der Waals surface area contributed by atoms with Crippen molar-refractivity contribution in [1.82, 2.24) is 0 Å². The van der Waals surface area contributed by atoms with Gasteiger partial charge in [-0.25, -0.2) is 0 Å². The van der Waals surface area contributed by atoms with E-state index in [4.69, 9.17) is 13.9 Å². The van der Waals surface area contributed by atoms with Gasteiger partial charge in [0.05, 0.1) is 18.6 Å². The summed E-state index contributed by atoms with van der Waals surface area (Å²) in [6.07, 6.45) is -1.22. The topological polar surface area (TPSA) is 187 Å². The molecule has 2 atom stereocenters. The van der Waals surface area contributed by atoms with E-state index >= 15 is 0 Å². The molecule has 0 spiro atoms. The lowest BCUT2D eigenvalue weighted by Gasteiger charge is -2.34. The van der Waals surface area contributed by atoms with E-state index in [0.717, 1.165) is 24.3 Å². The summed E-state index contributed by atoms with van der Waals surface area (Å²) in [7, 11) is 1.37. The van der Waals surface area contributed by atoms with Gasteiger partial charge < -0.3 is 44.5 Å². The lowest BCUT2D eigenvalue weighted by Crippen LogP contribution is -2.30. The molecule has 2 heterocycles. The minimum atomic E-state index is -1.46. The number of rotatable bonds is 4. The summed E-state index contributed by atoms with van der Waals surface area (Å²) in [5.74, 6) is -4.69. The summed E-state index contributed by atoms with van der Waals surface area (Å²) in [4.78, 5) is 27.4. The number of phenolic OH excluding ortho intramolecular Hbond substituents is 6. The molecule has 6 rings (SSSR count). The van der Waals surface area contributed by atoms with Crippen molar-refractivity contribution >= 4 is 16.8 Å². The van der Waals surface area contributed by atoms with Gasteiger partial charge in [0.2, 0.25) is 0 Å². The Hall–Kier alpha value is -5.84. The van der Waals surface area contributed by atoms with Crippen LogP contribution in [0.25, 0.3) is 22.3 Å². The second-order valence-corrected chi connectivity index (χ2v) is 9.70. The van der Waals surface area contributed by atoms with Crippen molar-refractivity contribution in [3.8, 4) is 57.3 Å². The first-order valence-electron chi connectivity index (χ1n) is 12.5. The van der Waals surface area contributed by atoms with E-state index in [1.165, 1.54) is 49.6 Å². The molecule has 0 unspecified atom stereocenters. The molecule has 11 nitrogen and oxygen atoms in total. The Balaban J connectivity index is 1.65. The highest BCUT2D eigenvalue weighted by Crippen LogP contribution is 2.52. The quantitative estimate of drug-likeness (QED) is 0.174. The number of hydrogen-bond acceptors (Lipinski definition) is 11. The maximum absolute atomic E-state index is 14.1. The van der Waals surface area contributed by atoms with Gasteiger partial charge in [0.15, 0.2) is 22.7 Å². The first-order valence-corrected chi connectivity index (χ1v) is 12.5. The predicted octanol–water partition coefficient (Wildman–Crippen LogP) is 4.80. The molecule has 1 aliphatic rings. The van der Waals surface area contributed by atoms with Crippen LogP contribution in [0.1, 0.15) is 33.5 Å². The highest BCUT2D eigenvalue weighted by molar-refractivity contribution is 6.09. The van der Waals surface area contributed by atoms with Gasteiger partial charge in [0.1, 0.15) is 62.9 Å². The van der Waals surface area contributed by atoms with Crippen LogP contribution >= 0.6 is 0 Å². The molecule has 212 valence electrons. The van der Waals surface area contributed by atoms with Gasteiger partial charge in [0, 0.05) is 29.8 Å². The number of ketones is 1. The largest absolute Gasteiger partial charge is 0.508 e. The van der Waals surface area contributed by atoms with Crippen molar-refractivity contribution in [2.75, 3.05) is 7.11 Å². The number of ether oxygens (including phenoxy) is 2. The lowest BCUT2D eigenvalue weighted by molar-refractivity contribution is 0.0772. The van der Waals surface area contributed by atoms with Gasteiger partial charge in [-0.1, -0.05) is 12.1 Å². The zero-order valence-corrected chi connectivity index (χ0v) is 21.7. The van der Waals surface area contributed by atoms with Crippen LogP contribution in [-0.4, -0.2) is 43.5 Å². The van der Waals surface area contributed by atoms with E-state index in [1.807, 2.05) is 0 Å². The zero-order valence-electron chi connectivity index (χ0n) is 21.7. The number of Topliss-reactive ketones (excluding diaryl/α,β-unsaturated/α-hetero) is 1. The van der Waals surface area contributed by atoms with Crippen LogP contribution in [0, 0.1) is 0 Å². The Bertz CT molecular complexity index is 1960. The summed E-state index contributed by atoms with van der Waals surface area (Å²) in [5, 5.41) is 62.3. The SMILES string of the molecule is COc1ccc(-c2cc(=O)c3c(O)cc(O)c([C@H]4C(=O)c5c(O)cc(O)cc5O[C@H]4c4ccc(O)cc4)c3o2)cc1O. The molecule has 1 aromatic heterocycles. The van der Waals surface area contributed by atoms with E-state index in [9.17, 15) is 40.2 Å². The van der Waals surface area contributed by atoms with Crippen LogP contribution in [0.5, 0.6) is 46.0 Å². The van der Waals surface area contributed by atoms with Crippen molar-refractivity contribution in [2.45, 2.75) is 12.0 Å². The number of aromatic hydroxyl groups is 6. The molecule has 0 bridgehead atoms. The van der Waals surface area contributed by atoms with Crippen molar-refractivity contribution < 1.29 is 49.3 Å². The number of methoxy groups -OCH3 is 1. The van der Waals surface area contributed by atoms with Crippen LogP contribution in [-0.2, 0) is 0 Å². The number of carbonyl (C=O) groups excluding carboxylic acids is 1. The lowest BCUT2D eigenvalue weighted by atomic mass is 9.79. The summed E-state index contributed by atoms with van der Waals surface area (Å²) in [6, 6.07) is 14.0. The van der Waals surface area contributed by atoms with Crippen LogP contribution in [0.4, 0.5) is 0 Å². The van der Waals surface area contributed by atoms with Crippen molar-refractivity contribution in [3.63, 3.8) is 0 Å². The number of fused-ring (bicyclic) bond motifs is 2. The third-order valence-electron chi connectivity index (χ3n) is 7.15. The van der Waals surface area contributed by atoms with Crippen LogP contribution in [0.2, 0.25) is 0 Å². The third-order valence-corrected chi connectivity index (χ3v) is 7.15. The second kappa shape index (κ2) is 9.66. The normalized spacial score (nSPS) is 16.2. The standard InChI is InChI=1S/C31H22O11/c1-40-22-7-4-14(8-17(22)34)23-12-21(38)25-19(36)11-20(37)27(31(25)41-23)28-29(39)26-18(35)9-16(33)10-24(26)42-30(28)13-2-5-15(32)6-3-13/h2-12,28,30,32-37H,1H3/t28-,30-/m0/s1. The van der Waals surface area contributed by atoms with E-state index in [1.54, 1.807) is 0 Å². The first kappa shape index (κ1) is 26.4. The fraction of sp³-hybridized carbons (Fsp3) is 0.0968. The molecule has 5 aromatic rings. The third kappa shape index (κ3) is 4.15. The highest BCUT2D eigenvalue weighted by atomic mass is 16.5. The molecule has 42 heavy (non-hydrogen) atoms. The van der Waals surface area contributed by atoms with E-state index in [2.05, 4.69) is 0 Å². The van der Waals surface area contributed by atoms with Gasteiger partial charge in [-0.3, -0.25) is 9.59 Å². The van der Waals surface area contributed by atoms with Gasteiger partial charge in [-0.05, 0) is 35.9 Å². The first-order chi connectivity index (χ1) is 20.1. The Morgan fingerprint density at radius 2 is 1.48 bits per heavy atom. The number of carbonyl (C=O) groups is 1. The minimum absolute atomic E-state index is 0.0600. The van der Waals surface area contributed by atoms with Crippen LogP contribution in [0.15, 0.2) is 75.9 Å². The fourth-order valence-corrected chi connectivity index (χ4v) is 5.24. The van der Waals surface area contributed by atoms with Crippen molar-refractivity contribution in [1.29, 1.82) is 0 Å². The fourth-order valence-electron chi connectivity index (χ4n) is 5.24.